The van der Waals surface area contributed by atoms with Crippen molar-refractivity contribution >= 4 is 15.2 Å². The van der Waals surface area contributed by atoms with Gasteiger partial charge >= 0.3 is 15.2 Å². The Morgan fingerprint density at radius 2 is 1.52 bits per heavy atom. The van der Waals surface area contributed by atoms with Gasteiger partial charge in [0.1, 0.15) is 5.75 Å². The van der Waals surface area contributed by atoms with Crippen LogP contribution < -0.4 is 4.52 Å². The van der Waals surface area contributed by atoms with Crippen LogP contribution in [0.1, 0.15) is 22.3 Å². The van der Waals surface area contributed by atoms with Gasteiger partial charge < -0.3 is 23.9 Å². The minimum Gasteiger partial charge on any atom is -0.423 e. The van der Waals surface area contributed by atoms with E-state index in [1.54, 1.807) is 56.3 Å². The van der Waals surface area contributed by atoms with E-state index >= 15 is 0 Å². The number of aliphatic hydroxyl groups excluding tert-OH is 1. The molecule has 2 aromatic carbocycles. The second kappa shape index (κ2) is 8.70. The molecule has 3 atom stereocenters. The zero-order chi connectivity index (χ0) is 20.2. The fourth-order valence-corrected chi connectivity index (χ4v) is 6.13. The van der Waals surface area contributed by atoms with Crippen LogP contribution in [-0.2, 0) is 20.3 Å². The Balaban J connectivity index is 2.23. The molecule has 3 unspecified atom stereocenters. The molecule has 3 N–H and O–H groups in total. The number of aryl methyl sites for hydroxylation is 3. The number of rotatable bonds is 8. The Morgan fingerprint density at radius 1 is 0.963 bits per heavy atom. The van der Waals surface area contributed by atoms with Crippen molar-refractivity contribution in [3.63, 3.8) is 0 Å². The lowest BCUT2D eigenvalue weighted by Crippen LogP contribution is -2.19. The molecule has 7 nitrogen and oxygen atoms in total. The molecule has 0 saturated heterocycles. The summed E-state index contributed by atoms with van der Waals surface area (Å²) in [6.07, 6.45) is 0. The summed E-state index contributed by atoms with van der Waals surface area (Å²) in [5.41, 5.74) is 2.78. The predicted octanol–water partition coefficient (Wildman–Crippen LogP) is 3.90. The van der Waals surface area contributed by atoms with Gasteiger partial charge in [-0.15, -0.1) is 0 Å². The Kier molecular flexibility index (Phi) is 7.03. The number of benzene rings is 2. The van der Waals surface area contributed by atoms with Crippen LogP contribution in [0.15, 0.2) is 42.5 Å². The van der Waals surface area contributed by atoms with E-state index in [0.29, 0.717) is 16.7 Å². The van der Waals surface area contributed by atoms with Crippen molar-refractivity contribution in [2.45, 2.75) is 32.8 Å². The van der Waals surface area contributed by atoms with E-state index in [2.05, 4.69) is 0 Å². The molecule has 2 rings (SSSR count). The number of hydrogen-bond donors (Lipinski definition) is 3. The van der Waals surface area contributed by atoms with Crippen LogP contribution in [0.4, 0.5) is 0 Å². The van der Waals surface area contributed by atoms with Gasteiger partial charge in [0.2, 0.25) is 0 Å². The topological polar surface area (TPSA) is 113 Å². The predicted molar refractivity (Wildman–Crippen MR) is 103 cm³/mol. The number of hydrogen-bond acceptors (Lipinski definition) is 5. The summed E-state index contributed by atoms with van der Waals surface area (Å²) in [4.78, 5) is 20.5. The summed E-state index contributed by atoms with van der Waals surface area (Å²) >= 11 is 0. The van der Waals surface area contributed by atoms with E-state index in [-0.39, 0.29) is 12.4 Å². The first-order valence-electron chi connectivity index (χ1n) is 8.28. The van der Waals surface area contributed by atoms with E-state index in [4.69, 9.17) is 9.05 Å². The molecule has 2 aromatic rings. The lowest BCUT2D eigenvalue weighted by molar-refractivity contribution is 0.223. The number of aliphatic hydroxyl groups is 1. The molecule has 0 bridgehead atoms. The Labute approximate surface area is 158 Å². The van der Waals surface area contributed by atoms with E-state index in [9.17, 15) is 24.0 Å². The average molecular weight is 414 g/mol. The average Bonchev–Trinajstić information content (AvgIpc) is 2.57. The summed E-state index contributed by atoms with van der Waals surface area (Å²) in [5.74, 6) is 0.146. The van der Waals surface area contributed by atoms with Gasteiger partial charge in [-0.3, -0.25) is 4.57 Å². The highest BCUT2D eigenvalue weighted by atomic mass is 31.2. The van der Waals surface area contributed by atoms with Crippen LogP contribution in [0.2, 0.25) is 0 Å². The van der Waals surface area contributed by atoms with Crippen molar-refractivity contribution in [2.24, 2.45) is 0 Å². The molecule has 0 aliphatic rings. The van der Waals surface area contributed by atoms with Gasteiger partial charge in [-0.2, -0.15) is 0 Å². The zero-order valence-electron chi connectivity index (χ0n) is 15.4. The summed E-state index contributed by atoms with van der Waals surface area (Å²) < 4.78 is 35.5. The minimum atomic E-state index is -4.72. The molecule has 148 valence electrons. The molecule has 0 aromatic heterocycles. The smallest absolute Gasteiger partial charge is 0.394 e. The van der Waals surface area contributed by atoms with Crippen molar-refractivity contribution in [3.8, 4) is 5.75 Å². The quantitative estimate of drug-likeness (QED) is 0.562. The molecule has 0 fully saturated rings. The van der Waals surface area contributed by atoms with Gasteiger partial charge in [-0.05, 0) is 37.5 Å². The molecule has 0 spiro atoms. The summed E-state index contributed by atoms with van der Waals surface area (Å²) in [7, 11) is -9.38. The second-order valence-corrected chi connectivity index (χ2v) is 10.7. The highest BCUT2D eigenvalue weighted by Gasteiger charge is 2.48. The molecule has 9 heteroatoms. The third-order valence-electron chi connectivity index (χ3n) is 4.00. The van der Waals surface area contributed by atoms with Crippen molar-refractivity contribution < 1.29 is 33.1 Å². The molecule has 0 saturated carbocycles. The first-order valence-corrected chi connectivity index (χ1v) is 11.6. The molecule has 0 aliphatic carbocycles. The SMILES string of the molecule is Cc1cc(C)c(OP(=O)(O)C(CO)P(=O)(O)OCc2ccccc2)c(C)c1. The van der Waals surface area contributed by atoms with Crippen LogP contribution in [0, 0.1) is 20.8 Å². The van der Waals surface area contributed by atoms with Gasteiger partial charge in [-0.1, -0.05) is 48.0 Å². The second-order valence-electron chi connectivity index (χ2n) is 6.37. The zero-order valence-corrected chi connectivity index (χ0v) is 17.2. The standard InChI is InChI=1S/C18H24O7P2/c1-13-9-14(2)18(15(3)10-13)25-27(22,23)17(11-19)26(20,21)24-12-16-7-5-4-6-8-16/h4-10,17,19H,11-12H2,1-3H3,(H,20,21)(H,22,23). The summed E-state index contributed by atoms with van der Waals surface area (Å²) in [6, 6.07) is 12.1. The maximum atomic E-state index is 12.7. The van der Waals surface area contributed by atoms with Gasteiger partial charge in [-0.25, -0.2) is 4.57 Å². The Bertz CT molecular complexity index is 860. The highest BCUT2D eigenvalue weighted by molar-refractivity contribution is 7.72. The van der Waals surface area contributed by atoms with Gasteiger partial charge in [0.05, 0.1) is 13.2 Å². The third kappa shape index (κ3) is 5.52. The first kappa shape index (κ1) is 21.8. The van der Waals surface area contributed by atoms with Crippen LogP contribution in [-0.4, -0.2) is 26.9 Å². The Morgan fingerprint density at radius 3 is 2.04 bits per heavy atom. The molecule has 0 amide bonds. The van der Waals surface area contributed by atoms with E-state index < -0.39 is 27.2 Å². The molecule has 0 radical (unpaired) electrons. The monoisotopic (exact) mass is 414 g/mol. The Hall–Kier alpha value is -1.46. The van der Waals surface area contributed by atoms with Gasteiger partial charge in [0, 0.05) is 0 Å². The first-order chi connectivity index (χ1) is 12.6. The largest absolute Gasteiger partial charge is 0.423 e. The van der Waals surface area contributed by atoms with E-state index in [1.165, 1.54) is 0 Å². The summed E-state index contributed by atoms with van der Waals surface area (Å²) in [6.45, 7) is 3.99. The lowest BCUT2D eigenvalue weighted by atomic mass is 10.1. The molecular formula is C18H24O7P2. The van der Waals surface area contributed by atoms with Crippen molar-refractivity contribution in [3.05, 3.63) is 64.7 Å². The van der Waals surface area contributed by atoms with Crippen molar-refractivity contribution in [2.75, 3.05) is 6.61 Å². The summed E-state index contributed by atoms with van der Waals surface area (Å²) in [5, 5.41) is 7.55. The third-order valence-corrected chi connectivity index (χ3v) is 8.53. The maximum Gasteiger partial charge on any atom is 0.394 e. The van der Waals surface area contributed by atoms with Crippen LogP contribution >= 0.6 is 15.2 Å². The van der Waals surface area contributed by atoms with Gasteiger partial charge in [0.15, 0.2) is 5.40 Å². The molecule has 0 aliphatic heterocycles. The van der Waals surface area contributed by atoms with Crippen molar-refractivity contribution in [1.82, 2.24) is 0 Å². The lowest BCUT2D eigenvalue weighted by Gasteiger charge is -2.26. The molecule has 0 heterocycles. The van der Waals surface area contributed by atoms with Gasteiger partial charge in [0.25, 0.3) is 0 Å². The minimum absolute atomic E-state index is 0.146. The molecule has 27 heavy (non-hydrogen) atoms. The van der Waals surface area contributed by atoms with E-state index in [0.717, 1.165) is 5.56 Å². The fourth-order valence-electron chi connectivity index (χ4n) is 2.72. The van der Waals surface area contributed by atoms with Crippen LogP contribution in [0.5, 0.6) is 5.75 Å². The molecular weight excluding hydrogens is 390 g/mol. The maximum absolute atomic E-state index is 12.7. The normalized spacial score (nSPS) is 17.0. The highest BCUT2D eigenvalue weighted by Crippen LogP contribution is 2.65. The van der Waals surface area contributed by atoms with Crippen LogP contribution in [0.25, 0.3) is 0 Å². The van der Waals surface area contributed by atoms with Crippen molar-refractivity contribution in [1.29, 1.82) is 0 Å². The van der Waals surface area contributed by atoms with Crippen LogP contribution in [0.3, 0.4) is 0 Å². The van der Waals surface area contributed by atoms with E-state index in [1.807, 2.05) is 6.92 Å². The fraction of sp³-hybridized carbons (Fsp3) is 0.333.